The van der Waals surface area contributed by atoms with Crippen LogP contribution in [0.15, 0.2) is 18.2 Å². The molecule has 0 radical (unpaired) electrons. The molecule has 2 aromatic heterocycles. The molecular formula is C17H20FN5O. The lowest BCUT2D eigenvalue weighted by Crippen LogP contribution is -2.30. The van der Waals surface area contributed by atoms with Crippen LogP contribution in [0.5, 0.6) is 0 Å². The summed E-state index contributed by atoms with van der Waals surface area (Å²) in [6.45, 7) is 7.04. The smallest absolute Gasteiger partial charge is 0.267 e. The molecule has 0 spiro atoms. The number of aromatic amines is 1. The topological polar surface area (TPSA) is 79.4 Å². The molecule has 1 unspecified atom stereocenters. The highest BCUT2D eigenvalue weighted by Gasteiger charge is 2.40. The number of nitrogens with two attached hydrogens (primary N) is 1. The van der Waals surface area contributed by atoms with Crippen LogP contribution in [0.25, 0.3) is 16.7 Å². The average molecular weight is 329 g/mol. The predicted molar refractivity (Wildman–Crippen MR) is 89.6 cm³/mol. The van der Waals surface area contributed by atoms with E-state index >= 15 is 0 Å². The second-order valence-corrected chi connectivity index (χ2v) is 6.81. The van der Waals surface area contributed by atoms with Crippen LogP contribution < -0.4 is 5.73 Å². The first kappa shape index (κ1) is 15.1. The van der Waals surface area contributed by atoms with Crippen molar-refractivity contribution in [2.24, 2.45) is 5.73 Å². The molecule has 0 saturated carbocycles. The Kier molecular flexibility index (Phi) is 3.18. The number of H-pyrrole nitrogens is 1. The summed E-state index contributed by atoms with van der Waals surface area (Å²) in [7, 11) is 0. The molecule has 1 saturated heterocycles. The number of aromatic nitrogens is 3. The van der Waals surface area contributed by atoms with Crippen molar-refractivity contribution < 1.29 is 9.18 Å². The Morgan fingerprint density at radius 1 is 1.50 bits per heavy atom. The Hall–Kier alpha value is -2.41. The van der Waals surface area contributed by atoms with E-state index in [2.05, 4.69) is 28.8 Å². The molecule has 3 N–H and O–H groups in total. The molecule has 126 valence electrons. The summed E-state index contributed by atoms with van der Waals surface area (Å²) in [5.41, 5.74) is 8.57. The number of hydrogen-bond acceptors (Lipinski definition) is 3. The van der Waals surface area contributed by atoms with Crippen LogP contribution in [0.1, 0.15) is 36.3 Å². The lowest BCUT2D eigenvalue weighted by molar-refractivity contribution is 0.0993. The molecule has 1 aromatic carbocycles. The zero-order valence-corrected chi connectivity index (χ0v) is 13.8. The van der Waals surface area contributed by atoms with Gasteiger partial charge in [-0.25, -0.2) is 13.9 Å². The monoisotopic (exact) mass is 329 g/mol. The van der Waals surface area contributed by atoms with Crippen molar-refractivity contribution in [3.05, 3.63) is 35.3 Å². The molecule has 1 aliphatic rings. The van der Waals surface area contributed by atoms with E-state index in [9.17, 15) is 9.18 Å². The van der Waals surface area contributed by atoms with Gasteiger partial charge in [-0.3, -0.25) is 9.89 Å². The summed E-state index contributed by atoms with van der Waals surface area (Å²) < 4.78 is 15.3. The summed E-state index contributed by atoms with van der Waals surface area (Å²) in [6.07, 6.45) is 0.923. The number of halogens is 1. The van der Waals surface area contributed by atoms with Gasteiger partial charge in [-0.1, -0.05) is 13.8 Å². The molecule has 1 amide bonds. The number of likely N-dealkylation sites (N-methyl/N-ethyl adjacent to an activating group) is 1. The number of amides is 1. The minimum atomic E-state index is -0.498. The van der Waals surface area contributed by atoms with Crippen LogP contribution in [0.3, 0.4) is 0 Å². The molecule has 0 aliphatic carbocycles. The van der Waals surface area contributed by atoms with E-state index in [0.29, 0.717) is 16.9 Å². The molecule has 3 aromatic rings. The molecule has 0 bridgehead atoms. The van der Waals surface area contributed by atoms with Crippen LogP contribution in [0.4, 0.5) is 4.39 Å². The maximum Gasteiger partial charge on any atom is 0.267 e. The number of fused-ring (bicyclic) bond motifs is 3. The molecular weight excluding hydrogens is 309 g/mol. The molecule has 4 rings (SSSR count). The summed E-state index contributed by atoms with van der Waals surface area (Å²) in [5.74, 6) is -0.828. The number of primary amides is 1. The maximum absolute atomic E-state index is 13.5. The fourth-order valence-electron chi connectivity index (χ4n) is 3.89. The van der Waals surface area contributed by atoms with E-state index < -0.39 is 5.91 Å². The maximum atomic E-state index is 13.5. The van der Waals surface area contributed by atoms with Crippen LogP contribution in [0, 0.1) is 5.82 Å². The number of benzene rings is 1. The Bertz CT molecular complexity index is 959. The van der Waals surface area contributed by atoms with Gasteiger partial charge in [0, 0.05) is 23.6 Å². The van der Waals surface area contributed by atoms with Gasteiger partial charge in [0.2, 0.25) is 0 Å². The standard InChI is InChI=1S/C17H20FN5O/c1-3-22-7-6-17(2,9-22)13-14(15(19)24)21-23-12-5-4-10(18)8-11(12)20-16(13)23/h4-5,8,21H,3,6-7,9H2,1-2H3,(H2,19,24). The van der Waals surface area contributed by atoms with E-state index in [1.165, 1.54) is 12.1 Å². The largest absolute Gasteiger partial charge is 0.364 e. The molecule has 1 atom stereocenters. The molecule has 6 nitrogen and oxygen atoms in total. The van der Waals surface area contributed by atoms with Crippen molar-refractivity contribution in [3.63, 3.8) is 0 Å². The number of rotatable bonds is 3. The van der Waals surface area contributed by atoms with E-state index in [-0.39, 0.29) is 11.2 Å². The Morgan fingerprint density at radius 3 is 2.96 bits per heavy atom. The average Bonchev–Trinajstić information content (AvgIpc) is 3.18. The second-order valence-electron chi connectivity index (χ2n) is 6.81. The van der Waals surface area contributed by atoms with Crippen molar-refractivity contribution in [2.45, 2.75) is 25.7 Å². The number of imidazole rings is 1. The van der Waals surface area contributed by atoms with Crippen LogP contribution in [-0.4, -0.2) is 45.0 Å². The minimum Gasteiger partial charge on any atom is -0.364 e. The third kappa shape index (κ3) is 2.04. The number of likely N-dealkylation sites (tertiary alicyclic amines) is 1. The minimum absolute atomic E-state index is 0.221. The van der Waals surface area contributed by atoms with Crippen molar-refractivity contribution in [1.82, 2.24) is 19.5 Å². The van der Waals surface area contributed by atoms with Gasteiger partial charge in [-0.2, -0.15) is 0 Å². The Balaban J connectivity index is 2.00. The normalized spacial score (nSPS) is 22.0. The summed E-state index contributed by atoms with van der Waals surface area (Å²) in [6, 6.07) is 4.45. The quantitative estimate of drug-likeness (QED) is 0.772. The highest BCUT2D eigenvalue weighted by molar-refractivity contribution is 5.96. The van der Waals surface area contributed by atoms with Gasteiger partial charge < -0.3 is 10.6 Å². The van der Waals surface area contributed by atoms with Crippen molar-refractivity contribution >= 4 is 22.6 Å². The lowest BCUT2D eigenvalue weighted by atomic mass is 9.81. The van der Waals surface area contributed by atoms with Gasteiger partial charge >= 0.3 is 0 Å². The van der Waals surface area contributed by atoms with E-state index in [1.54, 1.807) is 10.6 Å². The van der Waals surface area contributed by atoms with Crippen molar-refractivity contribution in [2.75, 3.05) is 19.6 Å². The number of nitrogens with zero attached hydrogens (tertiary/aromatic N) is 3. The third-order valence-electron chi connectivity index (χ3n) is 5.16. The van der Waals surface area contributed by atoms with Crippen LogP contribution in [-0.2, 0) is 5.41 Å². The van der Waals surface area contributed by atoms with E-state index in [0.717, 1.165) is 37.1 Å². The molecule has 24 heavy (non-hydrogen) atoms. The first-order valence-corrected chi connectivity index (χ1v) is 8.15. The number of carbonyl (C=O) groups is 1. The van der Waals surface area contributed by atoms with Crippen LogP contribution >= 0.6 is 0 Å². The number of hydrogen-bond donors (Lipinski definition) is 2. The van der Waals surface area contributed by atoms with E-state index in [4.69, 9.17) is 5.73 Å². The van der Waals surface area contributed by atoms with Gasteiger partial charge in [0.15, 0.2) is 5.65 Å². The fraction of sp³-hybridized carbons (Fsp3) is 0.412. The highest BCUT2D eigenvalue weighted by Crippen LogP contribution is 2.39. The zero-order chi connectivity index (χ0) is 17.1. The Labute approximate surface area is 138 Å². The molecule has 1 fully saturated rings. The lowest BCUT2D eigenvalue weighted by Gasteiger charge is -2.24. The van der Waals surface area contributed by atoms with Gasteiger partial charge in [-0.05, 0) is 31.6 Å². The van der Waals surface area contributed by atoms with E-state index in [1.807, 2.05) is 0 Å². The highest BCUT2D eigenvalue weighted by atomic mass is 19.1. The summed E-state index contributed by atoms with van der Waals surface area (Å²) in [4.78, 5) is 18.9. The van der Waals surface area contributed by atoms with Gasteiger partial charge in [0.05, 0.1) is 11.0 Å². The van der Waals surface area contributed by atoms with Gasteiger partial charge in [0.1, 0.15) is 11.5 Å². The summed E-state index contributed by atoms with van der Waals surface area (Å²) >= 11 is 0. The molecule has 7 heteroatoms. The van der Waals surface area contributed by atoms with Gasteiger partial charge in [0.25, 0.3) is 5.91 Å². The first-order valence-electron chi connectivity index (χ1n) is 8.15. The molecule has 1 aliphatic heterocycles. The first-order chi connectivity index (χ1) is 11.4. The second kappa shape index (κ2) is 5.04. The summed E-state index contributed by atoms with van der Waals surface area (Å²) in [5, 5.41) is 3.08. The van der Waals surface area contributed by atoms with Crippen LogP contribution in [0.2, 0.25) is 0 Å². The van der Waals surface area contributed by atoms with Crippen molar-refractivity contribution in [3.8, 4) is 0 Å². The van der Waals surface area contributed by atoms with Gasteiger partial charge in [-0.15, -0.1) is 0 Å². The Morgan fingerprint density at radius 2 is 2.29 bits per heavy atom. The third-order valence-corrected chi connectivity index (χ3v) is 5.16. The number of nitrogens with one attached hydrogen (secondary N) is 1. The number of carbonyl (C=O) groups excluding carboxylic acids is 1. The van der Waals surface area contributed by atoms with Crippen molar-refractivity contribution in [1.29, 1.82) is 0 Å². The SMILES string of the molecule is CCN1CCC(C)(c2c(C(N)=O)[nH]n3c2nc2cc(F)ccc23)C1. The zero-order valence-electron chi connectivity index (χ0n) is 13.8. The molecule has 3 heterocycles. The predicted octanol–water partition coefficient (Wildman–Crippen LogP) is 2.04. The fourth-order valence-corrected chi connectivity index (χ4v) is 3.89.